The molecule has 1 aromatic heterocycles. The van der Waals surface area contributed by atoms with Crippen molar-refractivity contribution in [1.29, 1.82) is 0 Å². The Morgan fingerprint density at radius 2 is 2.19 bits per heavy atom. The van der Waals surface area contributed by atoms with Gasteiger partial charge in [-0.3, -0.25) is 0 Å². The van der Waals surface area contributed by atoms with E-state index in [1.807, 2.05) is 25.1 Å². The van der Waals surface area contributed by atoms with Gasteiger partial charge in [0.2, 0.25) is 0 Å². The second-order valence-corrected chi connectivity index (χ2v) is 4.79. The Balaban J connectivity index is 2.14. The molecule has 0 aliphatic rings. The fourth-order valence-corrected chi connectivity index (χ4v) is 2.25. The Morgan fingerprint density at radius 1 is 1.38 bits per heavy atom. The molecule has 16 heavy (non-hydrogen) atoms. The van der Waals surface area contributed by atoms with Crippen LogP contribution in [-0.4, -0.2) is 0 Å². The summed E-state index contributed by atoms with van der Waals surface area (Å²) in [4.78, 5) is 0. The number of benzene rings is 1. The third-order valence-electron chi connectivity index (χ3n) is 2.64. The minimum Gasteiger partial charge on any atom is -0.469 e. The van der Waals surface area contributed by atoms with Crippen molar-refractivity contribution in [3.05, 3.63) is 58.0 Å². The summed E-state index contributed by atoms with van der Waals surface area (Å²) in [5.74, 6) is 0.905. The number of rotatable bonds is 3. The van der Waals surface area contributed by atoms with Crippen LogP contribution in [0.15, 0.2) is 45.5 Å². The average Bonchev–Trinajstić information content (AvgIpc) is 2.64. The molecule has 0 spiro atoms. The van der Waals surface area contributed by atoms with Crippen LogP contribution in [0.4, 0.5) is 0 Å². The number of halogens is 1. The van der Waals surface area contributed by atoms with Gasteiger partial charge < -0.3 is 10.2 Å². The van der Waals surface area contributed by atoms with Gasteiger partial charge in [0.05, 0.1) is 6.26 Å². The summed E-state index contributed by atoms with van der Waals surface area (Å²) in [6, 6.07) is 10.1. The molecule has 0 saturated heterocycles. The van der Waals surface area contributed by atoms with Crippen molar-refractivity contribution >= 4 is 15.9 Å². The maximum atomic E-state index is 6.15. The molecular weight excluding hydrogens is 266 g/mol. The molecule has 2 aromatic rings. The summed E-state index contributed by atoms with van der Waals surface area (Å²) in [5, 5.41) is 0. The second-order valence-electron chi connectivity index (χ2n) is 3.87. The van der Waals surface area contributed by atoms with E-state index in [1.165, 1.54) is 5.56 Å². The van der Waals surface area contributed by atoms with Crippen LogP contribution in [-0.2, 0) is 6.42 Å². The van der Waals surface area contributed by atoms with E-state index >= 15 is 0 Å². The van der Waals surface area contributed by atoms with Crippen LogP contribution in [0, 0.1) is 6.92 Å². The van der Waals surface area contributed by atoms with Crippen LogP contribution in [0.1, 0.15) is 22.9 Å². The fourth-order valence-electron chi connectivity index (χ4n) is 1.81. The summed E-state index contributed by atoms with van der Waals surface area (Å²) >= 11 is 3.46. The highest BCUT2D eigenvalue weighted by Crippen LogP contribution is 2.21. The Hall–Kier alpha value is -1.06. The monoisotopic (exact) mass is 279 g/mol. The maximum absolute atomic E-state index is 6.15. The molecule has 0 aliphatic heterocycles. The van der Waals surface area contributed by atoms with Crippen LogP contribution in [0.2, 0.25) is 0 Å². The lowest BCUT2D eigenvalue weighted by atomic mass is 10.0. The lowest BCUT2D eigenvalue weighted by Crippen LogP contribution is -2.13. The van der Waals surface area contributed by atoms with Crippen molar-refractivity contribution < 1.29 is 4.42 Å². The molecule has 2 N–H and O–H groups in total. The van der Waals surface area contributed by atoms with E-state index in [1.54, 1.807) is 6.26 Å². The van der Waals surface area contributed by atoms with Crippen LogP contribution in [0.5, 0.6) is 0 Å². The Morgan fingerprint density at radius 3 is 2.81 bits per heavy atom. The molecule has 84 valence electrons. The molecule has 1 atom stereocenters. The molecule has 1 aromatic carbocycles. The first kappa shape index (κ1) is 11.4. The molecule has 0 bridgehead atoms. The second kappa shape index (κ2) is 4.85. The van der Waals surface area contributed by atoms with Gasteiger partial charge in [0.25, 0.3) is 0 Å². The summed E-state index contributed by atoms with van der Waals surface area (Å²) in [5.41, 5.74) is 8.45. The Bertz CT molecular complexity index is 478. The zero-order valence-corrected chi connectivity index (χ0v) is 10.7. The van der Waals surface area contributed by atoms with Gasteiger partial charge >= 0.3 is 0 Å². The van der Waals surface area contributed by atoms with E-state index in [9.17, 15) is 0 Å². The summed E-state index contributed by atoms with van der Waals surface area (Å²) < 4.78 is 6.34. The van der Waals surface area contributed by atoms with Crippen molar-refractivity contribution in [1.82, 2.24) is 0 Å². The predicted octanol–water partition coefficient (Wildman–Crippen LogP) is 3.59. The van der Waals surface area contributed by atoms with Gasteiger partial charge in [0, 0.05) is 16.1 Å². The summed E-state index contributed by atoms with van der Waals surface area (Å²) in [6.07, 6.45) is 2.51. The van der Waals surface area contributed by atoms with Crippen molar-refractivity contribution in [2.24, 2.45) is 5.73 Å². The van der Waals surface area contributed by atoms with E-state index in [0.717, 1.165) is 22.2 Å². The van der Waals surface area contributed by atoms with Crippen molar-refractivity contribution in [3.8, 4) is 0 Å². The first-order valence-electron chi connectivity index (χ1n) is 5.21. The van der Waals surface area contributed by atoms with Gasteiger partial charge in [0.1, 0.15) is 5.76 Å². The third-order valence-corrected chi connectivity index (χ3v) is 3.14. The van der Waals surface area contributed by atoms with Crippen molar-refractivity contribution in [2.45, 2.75) is 19.4 Å². The molecule has 2 rings (SSSR count). The highest BCUT2D eigenvalue weighted by molar-refractivity contribution is 9.10. The average molecular weight is 280 g/mol. The SMILES string of the molecule is Cc1occc1C(N)Cc1cccc(Br)c1. The smallest absolute Gasteiger partial charge is 0.105 e. The molecule has 3 heteroatoms. The first-order chi connectivity index (χ1) is 7.66. The molecular formula is C13H14BrNO. The van der Waals surface area contributed by atoms with Crippen molar-refractivity contribution in [3.63, 3.8) is 0 Å². The highest BCUT2D eigenvalue weighted by atomic mass is 79.9. The van der Waals surface area contributed by atoms with Crippen molar-refractivity contribution in [2.75, 3.05) is 0 Å². The van der Waals surface area contributed by atoms with Gasteiger partial charge in [-0.15, -0.1) is 0 Å². The van der Waals surface area contributed by atoms with Gasteiger partial charge in [-0.1, -0.05) is 28.1 Å². The highest BCUT2D eigenvalue weighted by Gasteiger charge is 2.11. The lowest BCUT2D eigenvalue weighted by molar-refractivity contribution is 0.524. The largest absolute Gasteiger partial charge is 0.469 e. The maximum Gasteiger partial charge on any atom is 0.105 e. The molecule has 1 heterocycles. The van der Waals surface area contributed by atoms with Gasteiger partial charge in [0.15, 0.2) is 0 Å². The number of furan rings is 1. The molecule has 1 unspecified atom stereocenters. The minimum atomic E-state index is -0.00644. The standard InChI is InChI=1S/C13H14BrNO/c1-9-12(5-6-16-9)13(15)8-10-3-2-4-11(14)7-10/h2-7,13H,8,15H2,1H3. The zero-order valence-electron chi connectivity index (χ0n) is 9.11. The molecule has 0 saturated carbocycles. The van der Waals surface area contributed by atoms with E-state index in [4.69, 9.17) is 10.2 Å². The van der Waals surface area contributed by atoms with Crippen LogP contribution >= 0.6 is 15.9 Å². The number of hydrogen-bond acceptors (Lipinski definition) is 2. The van der Waals surface area contributed by atoms with Gasteiger partial charge in [-0.2, -0.15) is 0 Å². The normalized spacial score (nSPS) is 12.7. The molecule has 0 aliphatic carbocycles. The third kappa shape index (κ3) is 2.54. The molecule has 0 amide bonds. The van der Waals surface area contributed by atoms with E-state index in [2.05, 4.69) is 28.1 Å². The Labute approximate surface area is 104 Å². The van der Waals surface area contributed by atoms with Gasteiger partial charge in [-0.05, 0) is 37.1 Å². The zero-order chi connectivity index (χ0) is 11.5. The molecule has 2 nitrogen and oxygen atoms in total. The van der Waals surface area contributed by atoms with E-state index in [0.29, 0.717) is 0 Å². The summed E-state index contributed by atoms with van der Waals surface area (Å²) in [7, 11) is 0. The first-order valence-corrected chi connectivity index (χ1v) is 6.00. The fraction of sp³-hybridized carbons (Fsp3) is 0.231. The number of aryl methyl sites for hydroxylation is 1. The summed E-state index contributed by atoms with van der Waals surface area (Å²) in [6.45, 7) is 1.94. The quantitative estimate of drug-likeness (QED) is 0.933. The number of hydrogen-bond donors (Lipinski definition) is 1. The predicted molar refractivity (Wildman–Crippen MR) is 68.2 cm³/mol. The molecule has 0 fully saturated rings. The van der Waals surface area contributed by atoms with E-state index < -0.39 is 0 Å². The molecule has 0 radical (unpaired) electrons. The van der Waals surface area contributed by atoms with E-state index in [-0.39, 0.29) is 6.04 Å². The Kier molecular flexibility index (Phi) is 3.46. The van der Waals surface area contributed by atoms with Crippen LogP contribution < -0.4 is 5.73 Å². The minimum absolute atomic E-state index is 0.00644. The topological polar surface area (TPSA) is 39.2 Å². The van der Waals surface area contributed by atoms with Crippen LogP contribution in [0.3, 0.4) is 0 Å². The van der Waals surface area contributed by atoms with Gasteiger partial charge in [-0.25, -0.2) is 0 Å². The lowest BCUT2D eigenvalue weighted by Gasteiger charge is -2.10. The number of nitrogens with two attached hydrogens (primary N) is 1. The van der Waals surface area contributed by atoms with Crippen LogP contribution in [0.25, 0.3) is 0 Å².